The number of hydrogen-bond donors (Lipinski definition) is 2. The number of rotatable bonds is 7. The van der Waals surface area contributed by atoms with Crippen LogP contribution in [0.1, 0.15) is 6.42 Å². The highest BCUT2D eigenvalue weighted by atomic mass is 19.3. The quantitative estimate of drug-likeness (QED) is 0.604. The van der Waals surface area contributed by atoms with Crippen molar-refractivity contribution in [2.45, 2.75) is 12.8 Å². The summed E-state index contributed by atoms with van der Waals surface area (Å²) in [6, 6.07) is 0. The van der Waals surface area contributed by atoms with Crippen LogP contribution in [0.5, 0.6) is 0 Å². The molecule has 4 nitrogen and oxygen atoms in total. The van der Waals surface area contributed by atoms with Crippen LogP contribution >= 0.6 is 0 Å². The first-order valence-corrected chi connectivity index (χ1v) is 3.89. The fraction of sp³-hybridized carbons (Fsp3) is 0.857. The number of carboxylic acid groups (broad SMARTS) is 1. The van der Waals surface area contributed by atoms with Crippen molar-refractivity contribution in [1.29, 1.82) is 0 Å². The van der Waals surface area contributed by atoms with E-state index in [0.29, 0.717) is 0 Å². The Morgan fingerprint density at radius 1 is 1.38 bits per heavy atom. The molecular weight excluding hydrogens is 184 g/mol. The van der Waals surface area contributed by atoms with Crippen LogP contribution in [0.4, 0.5) is 8.78 Å². The summed E-state index contributed by atoms with van der Waals surface area (Å²) >= 11 is 0. The summed E-state index contributed by atoms with van der Waals surface area (Å²) in [6.45, 7) is -0.613. The van der Waals surface area contributed by atoms with Gasteiger partial charge in [0, 0.05) is 13.1 Å². The van der Waals surface area contributed by atoms with Gasteiger partial charge in [-0.05, 0) is 0 Å². The van der Waals surface area contributed by atoms with Crippen LogP contribution in [0.25, 0.3) is 0 Å². The zero-order valence-electron chi connectivity index (χ0n) is 7.12. The summed E-state index contributed by atoms with van der Waals surface area (Å²) in [5, 5.41) is 16.8. The lowest BCUT2D eigenvalue weighted by atomic mass is 10.3. The first kappa shape index (κ1) is 12.2. The predicted molar refractivity (Wildman–Crippen MR) is 41.8 cm³/mol. The van der Waals surface area contributed by atoms with Crippen LogP contribution in [0.2, 0.25) is 0 Å². The van der Waals surface area contributed by atoms with Crippen molar-refractivity contribution in [3.63, 3.8) is 0 Å². The molecule has 6 heteroatoms. The molecule has 2 N–H and O–H groups in total. The molecule has 0 aromatic heterocycles. The molecule has 0 fully saturated rings. The fourth-order valence-electron chi connectivity index (χ4n) is 0.885. The van der Waals surface area contributed by atoms with Crippen LogP contribution in [-0.4, -0.2) is 53.7 Å². The van der Waals surface area contributed by atoms with Gasteiger partial charge in [-0.3, -0.25) is 9.69 Å². The number of halogens is 2. The molecule has 0 atom stereocenters. The number of carboxylic acids is 1. The summed E-state index contributed by atoms with van der Waals surface area (Å²) in [7, 11) is 0. The van der Waals surface area contributed by atoms with E-state index in [1.807, 2.05) is 0 Å². The summed E-state index contributed by atoms with van der Waals surface area (Å²) in [5.74, 6) is -1.03. The molecule has 0 rings (SSSR count). The molecule has 0 radical (unpaired) electrons. The molecule has 0 spiro atoms. The smallest absolute Gasteiger partial charge is 0.304 e. The number of aliphatic hydroxyl groups is 1. The number of aliphatic carboxylic acids is 1. The van der Waals surface area contributed by atoms with Crippen molar-refractivity contribution < 1.29 is 23.8 Å². The highest BCUT2D eigenvalue weighted by molar-refractivity contribution is 5.66. The Labute approximate surface area is 74.8 Å². The molecule has 0 aromatic carbocycles. The molecular formula is C7H13F2NO3. The SMILES string of the molecule is O=C(O)CCN(CCO)CC(F)F. The lowest BCUT2D eigenvalue weighted by molar-refractivity contribution is -0.137. The molecule has 0 unspecified atom stereocenters. The number of carbonyl (C=O) groups is 1. The van der Waals surface area contributed by atoms with Crippen LogP contribution < -0.4 is 0 Å². The van der Waals surface area contributed by atoms with Crippen molar-refractivity contribution in [2.75, 3.05) is 26.2 Å². The van der Waals surface area contributed by atoms with E-state index >= 15 is 0 Å². The Balaban J connectivity index is 3.72. The van der Waals surface area contributed by atoms with Crippen LogP contribution in [0, 0.1) is 0 Å². The van der Waals surface area contributed by atoms with Crippen LogP contribution in [0.15, 0.2) is 0 Å². The molecule has 0 heterocycles. The zero-order valence-corrected chi connectivity index (χ0v) is 7.12. The van der Waals surface area contributed by atoms with E-state index in [9.17, 15) is 13.6 Å². The molecule has 0 aromatic rings. The molecule has 0 aliphatic carbocycles. The Morgan fingerprint density at radius 2 is 2.00 bits per heavy atom. The Bertz CT molecular complexity index is 155. The summed E-state index contributed by atoms with van der Waals surface area (Å²) in [4.78, 5) is 11.3. The molecule has 0 aliphatic heterocycles. The number of aliphatic hydroxyl groups excluding tert-OH is 1. The summed E-state index contributed by atoms with van der Waals surface area (Å²) in [5.41, 5.74) is 0. The lowest BCUT2D eigenvalue weighted by Gasteiger charge is -2.19. The standard InChI is InChI=1S/C7H13F2NO3/c8-6(9)5-10(3-4-11)2-1-7(12)13/h6,11H,1-5H2,(H,12,13). The average molecular weight is 197 g/mol. The molecule has 0 aliphatic rings. The van der Waals surface area contributed by atoms with Crippen molar-refractivity contribution in [3.05, 3.63) is 0 Å². The first-order chi connectivity index (χ1) is 6.06. The van der Waals surface area contributed by atoms with Gasteiger partial charge in [-0.15, -0.1) is 0 Å². The third kappa shape index (κ3) is 7.61. The van der Waals surface area contributed by atoms with Crippen molar-refractivity contribution >= 4 is 5.97 Å². The normalized spacial score (nSPS) is 11.2. The topological polar surface area (TPSA) is 60.8 Å². The number of nitrogens with zero attached hydrogens (tertiary/aromatic N) is 1. The third-order valence-electron chi connectivity index (χ3n) is 1.45. The van der Waals surface area contributed by atoms with E-state index in [-0.39, 0.29) is 26.1 Å². The summed E-state index contributed by atoms with van der Waals surface area (Å²) < 4.78 is 23.7. The van der Waals surface area contributed by atoms with Gasteiger partial charge < -0.3 is 10.2 Å². The van der Waals surface area contributed by atoms with Gasteiger partial charge in [-0.2, -0.15) is 0 Å². The fourth-order valence-corrected chi connectivity index (χ4v) is 0.885. The zero-order chi connectivity index (χ0) is 10.3. The van der Waals surface area contributed by atoms with E-state index in [1.54, 1.807) is 0 Å². The van der Waals surface area contributed by atoms with Gasteiger partial charge in [0.25, 0.3) is 6.43 Å². The second kappa shape index (κ2) is 6.73. The highest BCUT2D eigenvalue weighted by Crippen LogP contribution is 1.99. The van der Waals surface area contributed by atoms with Crippen molar-refractivity contribution in [2.24, 2.45) is 0 Å². The monoisotopic (exact) mass is 197 g/mol. The minimum atomic E-state index is -2.50. The van der Waals surface area contributed by atoms with Gasteiger partial charge in [0.2, 0.25) is 0 Å². The number of hydrogen-bond acceptors (Lipinski definition) is 3. The largest absolute Gasteiger partial charge is 0.481 e. The minimum absolute atomic E-state index is 0.0419. The highest BCUT2D eigenvalue weighted by Gasteiger charge is 2.12. The van der Waals surface area contributed by atoms with Crippen LogP contribution in [0.3, 0.4) is 0 Å². The molecule has 13 heavy (non-hydrogen) atoms. The maximum atomic E-state index is 11.9. The van der Waals surface area contributed by atoms with Gasteiger partial charge in [0.1, 0.15) is 0 Å². The van der Waals surface area contributed by atoms with Gasteiger partial charge in [0.15, 0.2) is 0 Å². The van der Waals surface area contributed by atoms with E-state index in [0.717, 1.165) is 0 Å². The maximum absolute atomic E-state index is 11.9. The second-order valence-corrected chi connectivity index (χ2v) is 2.56. The maximum Gasteiger partial charge on any atom is 0.304 e. The first-order valence-electron chi connectivity index (χ1n) is 3.89. The van der Waals surface area contributed by atoms with Gasteiger partial charge in [0.05, 0.1) is 19.6 Å². The van der Waals surface area contributed by atoms with E-state index < -0.39 is 18.9 Å². The third-order valence-corrected chi connectivity index (χ3v) is 1.45. The van der Waals surface area contributed by atoms with E-state index in [2.05, 4.69) is 0 Å². The van der Waals surface area contributed by atoms with Crippen molar-refractivity contribution in [1.82, 2.24) is 4.90 Å². The average Bonchev–Trinajstić information content (AvgIpc) is 1.99. The Kier molecular flexibility index (Phi) is 6.34. The van der Waals surface area contributed by atoms with Gasteiger partial charge in [-0.1, -0.05) is 0 Å². The van der Waals surface area contributed by atoms with E-state index in [1.165, 1.54) is 4.90 Å². The lowest BCUT2D eigenvalue weighted by Crippen LogP contribution is -2.33. The molecule has 0 saturated carbocycles. The predicted octanol–water partition coefficient (Wildman–Crippen LogP) is 0.0205. The van der Waals surface area contributed by atoms with Gasteiger partial charge in [-0.25, -0.2) is 8.78 Å². The molecule has 0 saturated heterocycles. The summed E-state index contributed by atoms with van der Waals surface area (Å²) in [6.07, 6.45) is -2.69. The van der Waals surface area contributed by atoms with Crippen LogP contribution in [-0.2, 0) is 4.79 Å². The Morgan fingerprint density at radius 3 is 2.38 bits per heavy atom. The van der Waals surface area contributed by atoms with Crippen molar-refractivity contribution in [3.8, 4) is 0 Å². The molecule has 78 valence electrons. The Hall–Kier alpha value is -0.750. The number of alkyl halides is 2. The second-order valence-electron chi connectivity index (χ2n) is 2.56. The van der Waals surface area contributed by atoms with Gasteiger partial charge >= 0.3 is 5.97 Å². The van der Waals surface area contributed by atoms with E-state index in [4.69, 9.17) is 10.2 Å². The minimum Gasteiger partial charge on any atom is -0.481 e. The molecule has 0 amide bonds. The molecule has 0 bridgehead atoms.